The van der Waals surface area contributed by atoms with Crippen molar-refractivity contribution >= 4 is 37.3 Å². The van der Waals surface area contributed by atoms with Gasteiger partial charge in [0, 0.05) is 24.8 Å². The number of carbonyl (C=O) groups excluding carboxylic acids is 1. The average molecular weight is 588 g/mol. The fourth-order valence-electron chi connectivity index (χ4n) is 4.45. The van der Waals surface area contributed by atoms with E-state index in [9.17, 15) is 21.6 Å². The van der Waals surface area contributed by atoms with Crippen LogP contribution < -0.4 is 19.1 Å². The third-order valence-electron chi connectivity index (χ3n) is 6.62. The van der Waals surface area contributed by atoms with Crippen LogP contribution in [0.25, 0.3) is 0 Å². The van der Waals surface area contributed by atoms with Gasteiger partial charge in [0.2, 0.25) is 15.9 Å². The SMILES string of the molecule is COc1cccc(N(CC(=O)Nc2ccc(OC)c(S(=O)(=O)N3CCCCC3)c2)S(=O)(=O)c2ccc(C)cc2)c1. The summed E-state index contributed by atoms with van der Waals surface area (Å²) in [6.45, 7) is 2.10. The third-order valence-corrected chi connectivity index (χ3v) is 10.3. The van der Waals surface area contributed by atoms with Crippen LogP contribution in [0.3, 0.4) is 0 Å². The second-order valence-corrected chi connectivity index (χ2v) is 13.2. The van der Waals surface area contributed by atoms with Gasteiger partial charge >= 0.3 is 0 Å². The molecule has 10 nitrogen and oxygen atoms in total. The number of piperidine rings is 1. The monoisotopic (exact) mass is 587 g/mol. The number of nitrogens with one attached hydrogen (secondary N) is 1. The van der Waals surface area contributed by atoms with E-state index in [4.69, 9.17) is 9.47 Å². The molecule has 0 aliphatic carbocycles. The van der Waals surface area contributed by atoms with Crippen LogP contribution >= 0.6 is 0 Å². The van der Waals surface area contributed by atoms with E-state index >= 15 is 0 Å². The molecule has 0 bridgehead atoms. The van der Waals surface area contributed by atoms with Crippen LogP contribution in [0.15, 0.2) is 76.5 Å². The lowest BCUT2D eigenvalue weighted by Gasteiger charge is -2.27. The molecular formula is C28H33N3O7S2. The first kappa shape index (κ1) is 29.4. The zero-order valence-electron chi connectivity index (χ0n) is 22.7. The first-order valence-corrected chi connectivity index (χ1v) is 15.7. The smallest absolute Gasteiger partial charge is 0.264 e. The molecule has 3 aromatic carbocycles. The van der Waals surface area contributed by atoms with Crippen LogP contribution in [0.2, 0.25) is 0 Å². The Morgan fingerprint density at radius 2 is 1.60 bits per heavy atom. The Morgan fingerprint density at radius 3 is 2.25 bits per heavy atom. The molecule has 1 saturated heterocycles. The summed E-state index contributed by atoms with van der Waals surface area (Å²) in [4.78, 5) is 13.2. The zero-order valence-corrected chi connectivity index (χ0v) is 24.3. The van der Waals surface area contributed by atoms with Gasteiger partial charge in [-0.25, -0.2) is 16.8 Å². The molecule has 0 aromatic heterocycles. The summed E-state index contributed by atoms with van der Waals surface area (Å²) >= 11 is 0. The van der Waals surface area contributed by atoms with Crippen molar-refractivity contribution in [2.75, 3.05) is 43.5 Å². The Kier molecular flexibility index (Phi) is 9.02. The molecule has 0 radical (unpaired) electrons. The molecule has 214 valence electrons. The minimum Gasteiger partial charge on any atom is -0.497 e. The molecular weight excluding hydrogens is 554 g/mol. The Bertz CT molecular complexity index is 1570. The van der Waals surface area contributed by atoms with Gasteiger partial charge in [0.1, 0.15) is 22.9 Å². The summed E-state index contributed by atoms with van der Waals surface area (Å²) in [6.07, 6.45) is 2.51. The number of carbonyl (C=O) groups is 1. The van der Waals surface area contributed by atoms with Crippen molar-refractivity contribution in [2.45, 2.75) is 36.0 Å². The van der Waals surface area contributed by atoms with Gasteiger partial charge in [-0.15, -0.1) is 0 Å². The van der Waals surface area contributed by atoms with Crippen molar-refractivity contribution in [3.05, 3.63) is 72.3 Å². The number of rotatable bonds is 10. The van der Waals surface area contributed by atoms with E-state index in [-0.39, 0.29) is 26.9 Å². The first-order valence-electron chi connectivity index (χ1n) is 12.8. The Balaban J connectivity index is 1.65. The topological polar surface area (TPSA) is 122 Å². The number of ether oxygens (including phenoxy) is 2. The van der Waals surface area contributed by atoms with E-state index in [0.717, 1.165) is 29.1 Å². The normalized spacial score (nSPS) is 14.4. The lowest BCUT2D eigenvalue weighted by Crippen LogP contribution is -2.38. The highest BCUT2D eigenvalue weighted by atomic mass is 32.2. The van der Waals surface area contributed by atoms with Gasteiger partial charge in [-0.3, -0.25) is 9.10 Å². The van der Waals surface area contributed by atoms with Gasteiger partial charge in [0.25, 0.3) is 10.0 Å². The number of aryl methyl sites for hydroxylation is 1. The van der Waals surface area contributed by atoms with Gasteiger partial charge in [0.05, 0.1) is 24.8 Å². The molecule has 3 aromatic rings. The summed E-state index contributed by atoms with van der Waals surface area (Å²) in [5, 5.41) is 2.66. The van der Waals surface area contributed by atoms with Crippen molar-refractivity contribution in [1.82, 2.24) is 4.31 Å². The van der Waals surface area contributed by atoms with Crippen LogP contribution in [-0.4, -0.2) is 60.9 Å². The quantitative estimate of drug-likeness (QED) is 0.380. The van der Waals surface area contributed by atoms with Crippen LogP contribution in [-0.2, 0) is 24.8 Å². The van der Waals surface area contributed by atoms with Gasteiger partial charge in [-0.1, -0.05) is 30.2 Å². The second-order valence-electron chi connectivity index (χ2n) is 9.40. The summed E-state index contributed by atoms with van der Waals surface area (Å²) in [5.74, 6) is -0.0850. The fourth-order valence-corrected chi connectivity index (χ4v) is 7.56. The Labute approximate surface area is 235 Å². The largest absolute Gasteiger partial charge is 0.497 e. The summed E-state index contributed by atoms with van der Waals surface area (Å²) < 4.78 is 67.1. The molecule has 1 heterocycles. The highest BCUT2D eigenvalue weighted by molar-refractivity contribution is 7.92. The van der Waals surface area contributed by atoms with E-state index in [0.29, 0.717) is 18.8 Å². The summed E-state index contributed by atoms with van der Waals surface area (Å²) in [7, 11) is -5.17. The molecule has 4 rings (SSSR count). The number of methoxy groups -OCH3 is 2. The molecule has 0 spiro atoms. The van der Waals surface area contributed by atoms with Crippen molar-refractivity contribution < 1.29 is 31.1 Å². The second kappa shape index (κ2) is 12.3. The van der Waals surface area contributed by atoms with Crippen molar-refractivity contribution in [3.63, 3.8) is 0 Å². The molecule has 12 heteroatoms. The Morgan fingerprint density at radius 1 is 0.900 bits per heavy atom. The predicted molar refractivity (Wildman–Crippen MR) is 153 cm³/mol. The number of hydrogen-bond donors (Lipinski definition) is 1. The first-order chi connectivity index (χ1) is 19.1. The minimum absolute atomic E-state index is 0.0214. The van der Waals surface area contributed by atoms with Crippen LogP contribution in [0.1, 0.15) is 24.8 Å². The molecule has 0 unspecified atom stereocenters. The number of amides is 1. The molecule has 40 heavy (non-hydrogen) atoms. The summed E-state index contributed by atoms with van der Waals surface area (Å²) in [6, 6.07) is 17.0. The molecule has 0 atom stereocenters. The van der Waals surface area contributed by atoms with Gasteiger partial charge < -0.3 is 14.8 Å². The highest BCUT2D eigenvalue weighted by Gasteiger charge is 2.30. The molecule has 1 amide bonds. The number of sulfonamides is 2. The Hall–Kier alpha value is -3.61. The standard InChI is InChI=1S/C28H33N3O7S2/c1-21-10-13-25(14-11-21)39(33,34)31(23-8-7-9-24(19-23)37-2)20-28(32)29-22-12-15-26(38-3)27(18-22)40(35,36)30-16-5-4-6-17-30/h7-15,18-19H,4-6,16-17,20H2,1-3H3,(H,29,32). The van der Waals surface area contributed by atoms with E-state index in [1.807, 2.05) is 6.92 Å². The third kappa shape index (κ3) is 6.40. The summed E-state index contributed by atoms with van der Waals surface area (Å²) in [5.41, 5.74) is 1.32. The number of hydrogen-bond acceptors (Lipinski definition) is 7. The maximum Gasteiger partial charge on any atom is 0.264 e. The maximum atomic E-state index is 13.7. The maximum absolute atomic E-state index is 13.7. The van der Waals surface area contributed by atoms with Crippen molar-refractivity contribution in [2.24, 2.45) is 0 Å². The number of benzene rings is 3. The molecule has 1 fully saturated rings. The number of anilines is 2. The van der Waals surface area contributed by atoms with Gasteiger partial charge in [0.15, 0.2) is 0 Å². The van der Waals surface area contributed by atoms with Crippen molar-refractivity contribution in [1.29, 1.82) is 0 Å². The van der Waals surface area contributed by atoms with Crippen LogP contribution in [0, 0.1) is 6.92 Å². The van der Waals surface area contributed by atoms with E-state index in [2.05, 4.69) is 5.32 Å². The van der Waals surface area contributed by atoms with Crippen LogP contribution in [0.4, 0.5) is 11.4 Å². The predicted octanol–water partition coefficient (Wildman–Crippen LogP) is 4.02. The van der Waals surface area contributed by atoms with E-state index < -0.39 is 32.5 Å². The van der Waals surface area contributed by atoms with E-state index in [1.54, 1.807) is 30.3 Å². The fraction of sp³-hybridized carbons (Fsp3) is 0.321. The van der Waals surface area contributed by atoms with Gasteiger partial charge in [-0.05, 0) is 62.2 Å². The lowest BCUT2D eigenvalue weighted by molar-refractivity contribution is -0.114. The zero-order chi connectivity index (χ0) is 28.9. The molecule has 1 N–H and O–H groups in total. The molecule has 1 aliphatic rings. The minimum atomic E-state index is -4.15. The van der Waals surface area contributed by atoms with E-state index in [1.165, 1.54) is 54.9 Å². The van der Waals surface area contributed by atoms with Crippen LogP contribution in [0.5, 0.6) is 11.5 Å². The van der Waals surface area contributed by atoms with Crippen molar-refractivity contribution in [3.8, 4) is 11.5 Å². The highest BCUT2D eigenvalue weighted by Crippen LogP contribution is 2.32. The lowest BCUT2D eigenvalue weighted by atomic mass is 10.2. The van der Waals surface area contributed by atoms with Gasteiger partial charge in [-0.2, -0.15) is 4.31 Å². The average Bonchev–Trinajstić information content (AvgIpc) is 2.96. The molecule has 0 saturated carbocycles. The number of nitrogens with zero attached hydrogens (tertiary/aromatic N) is 2. The molecule has 1 aliphatic heterocycles.